The van der Waals surface area contributed by atoms with Crippen LogP contribution in [0.15, 0.2) is 22.6 Å². The van der Waals surface area contributed by atoms with Crippen molar-refractivity contribution < 1.29 is 9.21 Å². The van der Waals surface area contributed by atoms with Crippen molar-refractivity contribution >= 4 is 22.7 Å². The smallest absolute Gasteiger partial charge is 0.243 e. The van der Waals surface area contributed by atoms with E-state index in [1.54, 1.807) is 39.0 Å². The van der Waals surface area contributed by atoms with E-state index in [9.17, 15) is 4.79 Å². The van der Waals surface area contributed by atoms with Gasteiger partial charge in [0.2, 0.25) is 5.91 Å². The molecular weight excluding hydrogens is 218 g/mol. The maximum atomic E-state index is 11.7. The first-order chi connectivity index (χ1) is 7.86. The number of anilines is 1. The van der Waals surface area contributed by atoms with E-state index in [1.165, 1.54) is 0 Å². The van der Waals surface area contributed by atoms with Crippen LogP contribution < -0.4 is 11.1 Å². The van der Waals surface area contributed by atoms with Crippen LogP contribution in [0.2, 0.25) is 0 Å². The van der Waals surface area contributed by atoms with Crippen molar-refractivity contribution in [2.45, 2.75) is 26.3 Å². The number of nitrogens with two attached hydrogens (primary N) is 1. The number of hydrogen-bond donors (Lipinski definition) is 2. The van der Waals surface area contributed by atoms with Gasteiger partial charge in [0.05, 0.1) is 5.54 Å². The standard InChI is InChI=1S/C12H15N3O2/c1-7-14-9-6-8(4-5-10(9)17-7)15-11(16)12(2,3)13/h4-6H,13H2,1-3H3,(H,15,16). The number of aryl methyl sites for hydroxylation is 1. The van der Waals surface area contributed by atoms with Gasteiger partial charge >= 0.3 is 0 Å². The van der Waals surface area contributed by atoms with Gasteiger partial charge in [0.15, 0.2) is 11.5 Å². The molecule has 0 aliphatic heterocycles. The molecule has 1 heterocycles. The lowest BCUT2D eigenvalue weighted by atomic mass is 10.1. The largest absolute Gasteiger partial charge is 0.441 e. The van der Waals surface area contributed by atoms with E-state index in [0.717, 1.165) is 5.52 Å². The fraction of sp³-hybridized carbons (Fsp3) is 0.333. The van der Waals surface area contributed by atoms with Gasteiger partial charge in [0, 0.05) is 12.6 Å². The fourth-order valence-corrected chi connectivity index (χ4v) is 1.41. The van der Waals surface area contributed by atoms with Gasteiger partial charge in [-0.05, 0) is 32.0 Å². The van der Waals surface area contributed by atoms with Gasteiger partial charge in [0.25, 0.3) is 0 Å². The second-order valence-electron chi connectivity index (χ2n) is 4.59. The number of nitrogens with one attached hydrogen (secondary N) is 1. The molecule has 0 aliphatic rings. The zero-order chi connectivity index (χ0) is 12.6. The van der Waals surface area contributed by atoms with Gasteiger partial charge in [-0.15, -0.1) is 0 Å². The number of aromatic nitrogens is 1. The molecule has 3 N–H and O–H groups in total. The van der Waals surface area contributed by atoms with Crippen LogP contribution in [0.5, 0.6) is 0 Å². The highest BCUT2D eigenvalue weighted by molar-refractivity contribution is 5.98. The van der Waals surface area contributed by atoms with E-state index >= 15 is 0 Å². The molecule has 0 saturated heterocycles. The molecule has 0 spiro atoms. The van der Waals surface area contributed by atoms with Crippen molar-refractivity contribution in [2.75, 3.05) is 5.32 Å². The lowest BCUT2D eigenvalue weighted by molar-refractivity contribution is -0.120. The summed E-state index contributed by atoms with van der Waals surface area (Å²) in [5.74, 6) is 0.361. The first-order valence-corrected chi connectivity index (χ1v) is 5.34. The molecule has 0 radical (unpaired) electrons. The summed E-state index contributed by atoms with van der Waals surface area (Å²) in [4.78, 5) is 15.9. The predicted molar refractivity (Wildman–Crippen MR) is 65.6 cm³/mol. The SMILES string of the molecule is Cc1nc2cc(NC(=O)C(C)(C)N)ccc2o1. The Morgan fingerprint density at radius 3 is 2.82 bits per heavy atom. The normalized spacial score (nSPS) is 11.8. The number of fused-ring (bicyclic) bond motifs is 1. The minimum Gasteiger partial charge on any atom is -0.441 e. The molecule has 2 aromatic rings. The lowest BCUT2D eigenvalue weighted by Gasteiger charge is -2.17. The van der Waals surface area contributed by atoms with Crippen LogP contribution in [0.4, 0.5) is 5.69 Å². The second-order valence-corrected chi connectivity index (χ2v) is 4.59. The average molecular weight is 233 g/mol. The Balaban J connectivity index is 2.28. The van der Waals surface area contributed by atoms with E-state index in [0.29, 0.717) is 17.2 Å². The Kier molecular flexibility index (Phi) is 2.63. The molecule has 1 aromatic heterocycles. The molecule has 0 aliphatic carbocycles. The van der Waals surface area contributed by atoms with E-state index in [2.05, 4.69) is 10.3 Å². The summed E-state index contributed by atoms with van der Waals surface area (Å²) in [7, 11) is 0. The van der Waals surface area contributed by atoms with Gasteiger partial charge in [0.1, 0.15) is 5.52 Å². The van der Waals surface area contributed by atoms with Crippen LogP contribution in [0.25, 0.3) is 11.1 Å². The second kappa shape index (κ2) is 3.85. The highest BCUT2D eigenvalue weighted by Gasteiger charge is 2.21. The third kappa shape index (κ3) is 2.45. The average Bonchev–Trinajstić information content (AvgIpc) is 2.55. The topological polar surface area (TPSA) is 81.2 Å². The molecule has 5 heteroatoms. The van der Waals surface area contributed by atoms with Gasteiger partial charge in [-0.2, -0.15) is 0 Å². The van der Waals surface area contributed by atoms with E-state index in [-0.39, 0.29) is 5.91 Å². The maximum Gasteiger partial charge on any atom is 0.243 e. The van der Waals surface area contributed by atoms with Crippen molar-refractivity contribution in [3.8, 4) is 0 Å². The predicted octanol–water partition coefficient (Wildman–Crippen LogP) is 1.81. The maximum absolute atomic E-state index is 11.7. The number of amides is 1. The first kappa shape index (κ1) is 11.6. The summed E-state index contributed by atoms with van der Waals surface area (Å²) in [6, 6.07) is 5.29. The van der Waals surface area contributed by atoms with E-state index in [4.69, 9.17) is 10.2 Å². The number of nitrogens with zero attached hydrogens (tertiary/aromatic N) is 1. The number of benzene rings is 1. The number of hydrogen-bond acceptors (Lipinski definition) is 4. The highest BCUT2D eigenvalue weighted by atomic mass is 16.3. The molecule has 1 aromatic carbocycles. The number of rotatable bonds is 2. The Morgan fingerprint density at radius 2 is 2.18 bits per heavy atom. The molecule has 2 rings (SSSR count). The van der Waals surface area contributed by atoms with Crippen LogP contribution in [-0.2, 0) is 4.79 Å². The van der Waals surface area contributed by atoms with Crippen molar-refractivity contribution in [1.29, 1.82) is 0 Å². The van der Waals surface area contributed by atoms with Gasteiger partial charge < -0.3 is 15.5 Å². The molecule has 5 nitrogen and oxygen atoms in total. The lowest BCUT2D eigenvalue weighted by Crippen LogP contribution is -2.45. The molecule has 0 bridgehead atoms. The summed E-state index contributed by atoms with van der Waals surface area (Å²) in [6.07, 6.45) is 0. The van der Waals surface area contributed by atoms with Crippen LogP contribution in [0.1, 0.15) is 19.7 Å². The van der Waals surface area contributed by atoms with E-state index in [1.807, 2.05) is 0 Å². The Morgan fingerprint density at radius 1 is 1.47 bits per heavy atom. The van der Waals surface area contributed by atoms with Crippen molar-refractivity contribution in [1.82, 2.24) is 4.98 Å². The number of carbonyl (C=O) groups excluding carboxylic acids is 1. The minimum absolute atomic E-state index is 0.239. The van der Waals surface area contributed by atoms with Gasteiger partial charge in [-0.1, -0.05) is 0 Å². The third-order valence-corrected chi connectivity index (χ3v) is 2.34. The summed E-state index contributed by atoms with van der Waals surface area (Å²) < 4.78 is 5.35. The molecule has 0 atom stereocenters. The molecule has 0 fully saturated rings. The first-order valence-electron chi connectivity index (χ1n) is 5.34. The van der Waals surface area contributed by atoms with Crippen LogP contribution >= 0.6 is 0 Å². The summed E-state index contributed by atoms with van der Waals surface area (Å²) in [5.41, 5.74) is 6.87. The zero-order valence-corrected chi connectivity index (χ0v) is 10.1. The van der Waals surface area contributed by atoms with Crippen molar-refractivity contribution in [3.63, 3.8) is 0 Å². The van der Waals surface area contributed by atoms with Crippen LogP contribution in [-0.4, -0.2) is 16.4 Å². The number of oxazole rings is 1. The van der Waals surface area contributed by atoms with Crippen molar-refractivity contribution in [2.24, 2.45) is 5.73 Å². The van der Waals surface area contributed by atoms with Gasteiger partial charge in [-0.3, -0.25) is 4.79 Å². The molecular formula is C12H15N3O2. The molecule has 17 heavy (non-hydrogen) atoms. The highest BCUT2D eigenvalue weighted by Crippen LogP contribution is 2.20. The summed E-state index contributed by atoms with van der Waals surface area (Å²) in [5, 5.41) is 2.74. The Hall–Kier alpha value is -1.88. The number of carbonyl (C=O) groups is 1. The molecule has 1 amide bonds. The fourth-order valence-electron chi connectivity index (χ4n) is 1.41. The third-order valence-electron chi connectivity index (χ3n) is 2.34. The monoisotopic (exact) mass is 233 g/mol. The Labute approximate surface area is 99.0 Å². The summed E-state index contributed by atoms with van der Waals surface area (Å²) in [6.45, 7) is 5.09. The zero-order valence-electron chi connectivity index (χ0n) is 10.1. The summed E-state index contributed by atoms with van der Waals surface area (Å²) >= 11 is 0. The molecule has 0 unspecified atom stereocenters. The van der Waals surface area contributed by atoms with Crippen LogP contribution in [0, 0.1) is 6.92 Å². The Bertz CT molecular complexity index is 567. The minimum atomic E-state index is -0.908. The van der Waals surface area contributed by atoms with E-state index < -0.39 is 5.54 Å². The van der Waals surface area contributed by atoms with Gasteiger partial charge in [-0.25, -0.2) is 4.98 Å². The van der Waals surface area contributed by atoms with Crippen LogP contribution in [0.3, 0.4) is 0 Å². The molecule has 90 valence electrons. The molecule has 0 saturated carbocycles. The quantitative estimate of drug-likeness (QED) is 0.828. The van der Waals surface area contributed by atoms with Crippen molar-refractivity contribution in [3.05, 3.63) is 24.1 Å².